The highest BCUT2D eigenvalue weighted by molar-refractivity contribution is 6.14. The summed E-state index contributed by atoms with van der Waals surface area (Å²) >= 11 is 0. The van der Waals surface area contributed by atoms with Crippen LogP contribution in [0.3, 0.4) is 0 Å². The molecule has 0 aliphatic carbocycles. The van der Waals surface area contributed by atoms with E-state index in [1.54, 1.807) is 13.1 Å². The monoisotopic (exact) mass is 344 g/mol. The first kappa shape index (κ1) is 18.4. The number of carbonyl (C=O) groups is 2. The maximum absolute atomic E-state index is 12.1. The third-order valence-electron chi connectivity index (χ3n) is 3.86. The molecule has 6 N–H and O–H groups in total. The number of hydrogen-bond donors (Lipinski definition) is 4. The van der Waals surface area contributed by atoms with Crippen LogP contribution in [0.4, 0.5) is 5.82 Å². The van der Waals surface area contributed by atoms with Crippen molar-refractivity contribution in [1.82, 2.24) is 10.3 Å². The number of rotatable bonds is 7. The average Bonchev–Trinajstić information content (AvgIpc) is 2.92. The first-order valence-electron chi connectivity index (χ1n) is 8.09. The van der Waals surface area contributed by atoms with Crippen molar-refractivity contribution in [2.24, 2.45) is 22.4 Å². The molecule has 0 fully saturated rings. The van der Waals surface area contributed by atoms with Crippen LogP contribution in [0.1, 0.15) is 41.9 Å². The number of nitrogens with zero attached hydrogens (tertiary/aromatic N) is 2. The van der Waals surface area contributed by atoms with Gasteiger partial charge in [-0.2, -0.15) is 0 Å². The topological polar surface area (TPSA) is 135 Å². The summed E-state index contributed by atoms with van der Waals surface area (Å²) in [5, 5.41) is 5.85. The molecule has 1 aliphatic heterocycles. The number of nitrogens with two attached hydrogens (primary N) is 2. The van der Waals surface area contributed by atoms with Crippen molar-refractivity contribution >= 4 is 29.4 Å². The van der Waals surface area contributed by atoms with Crippen molar-refractivity contribution < 1.29 is 9.59 Å². The van der Waals surface area contributed by atoms with E-state index in [-0.39, 0.29) is 11.8 Å². The van der Waals surface area contributed by atoms with E-state index in [9.17, 15) is 9.59 Å². The van der Waals surface area contributed by atoms with E-state index in [0.717, 1.165) is 5.56 Å². The lowest BCUT2D eigenvalue weighted by Gasteiger charge is -2.19. The van der Waals surface area contributed by atoms with E-state index in [4.69, 9.17) is 11.5 Å². The number of amides is 2. The van der Waals surface area contributed by atoms with Gasteiger partial charge < -0.3 is 22.1 Å². The van der Waals surface area contributed by atoms with E-state index in [1.165, 1.54) is 12.4 Å². The Kier molecular flexibility index (Phi) is 5.74. The van der Waals surface area contributed by atoms with Gasteiger partial charge in [0.15, 0.2) is 0 Å². The summed E-state index contributed by atoms with van der Waals surface area (Å²) in [4.78, 5) is 32.3. The van der Waals surface area contributed by atoms with Gasteiger partial charge >= 0.3 is 0 Å². The molecule has 0 bridgehead atoms. The molecule has 25 heavy (non-hydrogen) atoms. The lowest BCUT2D eigenvalue weighted by Crippen LogP contribution is -2.36. The van der Waals surface area contributed by atoms with Gasteiger partial charge in [0.05, 0.1) is 11.3 Å². The molecule has 0 saturated carbocycles. The van der Waals surface area contributed by atoms with Crippen molar-refractivity contribution in [3.8, 4) is 0 Å². The van der Waals surface area contributed by atoms with Crippen LogP contribution in [0.2, 0.25) is 0 Å². The Bertz CT molecular complexity index is 739. The summed E-state index contributed by atoms with van der Waals surface area (Å²) in [5.74, 6) is 0.102. The van der Waals surface area contributed by atoms with E-state index in [0.29, 0.717) is 35.6 Å². The molecule has 2 rings (SSSR count). The van der Waals surface area contributed by atoms with Crippen molar-refractivity contribution in [3.63, 3.8) is 0 Å². The molecule has 0 saturated heterocycles. The van der Waals surface area contributed by atoms with Crippen LogP contribution in [0, 0.1) is 5.92 Å². The number of fused-ring (bicyclic) bond motifs is 1. The fourth-order valence-electron chi connectivity index (χ4n) is 2.76. The lowest BCUT2D eigenvalue weighted by molar-refractivity contribution is -0.119. The molecule has 0 unspecified atom stereocenters. The number of anilines is 1. The normalized spacial score (nSPS) is 15.4. The van der Waals surface area contributed by atoms with Crippen LogP contribution in [0.25, 0.3) is 5.57 Å². The Morgan fingerprint density at radius 3 is 2.80 bits per heavy atom. The number of primary amides is 1. The van der Waals surface area contributed by atoms with Gasteiger partial charge in [-0.15, -0.1) is 0 Å². The zero-order valence-corrected chi connectivity index (χ0v) is 14.7. The molecular formula is C17H24N6O2. The minimum atomic E-state index is -0.548. The Balaban J connectivity index is 2.47. The first-order valence-corrected chi connectivity index (χ1v) is 8.09. The number of aliphatic imine (C=N–C) groups is 1. The summed E-state index contributed by atoms with van der Waals surface area (Å²) in [6.45, 7) is 4.41. The smallest absolute Gasteiger partial charge is 0.254 e. The predicted octanol–water partition coefficient (Wildman–Crippen LogP) is 0.637. The van der Waals surface area contributed by atoms with Crippen molar-refractivity contribution in [2.45, 2.75) is 32.9 Å². The van der Waals surface area contributed by atoms with Gasteiger partial charge in [0.2, 0.25) is 5.91 Å². The number of allylic oxidation sites excluding steroid dienone is 1. The molecule has 1 aromatic rings. The molecule has 8 heteroatoms. The molecule has 0 radical (unpaired) electrons. The second-order valence-corrected chi connectivity index (χ2v) is 6.31. The number of carbonyl (C=O) groups excluding carboxylic acids is 2. The van der Waals surface area contributed by atoms with Gasteiger partial charge in [-0.3, -0.25) is 14.6 Å². The van der Waals surface area contributed by atoms with Crippen LogP contribution in [0.5, 0.6) is 0 Å². The number of aromatic nitrogens is 1. The number of nitrogens with one attached hydrogen (secondary N) is 2. The van der Waals surface area contributed by atoms with Gasteiger partial charge in [-0.05, 0) is 24.0 Å². The fourth-order valence-corrected chi connectivity index (χ4v) is 2.76. The molecule has 2 heterocycles. The van der Waals surface area contributed by atoms with Crippen LogP contribution in [-0.2, 0) is 11.3 Å². The second-order valence-electron chi connectivity index (χ2n) is 6.31. The molecule has 2 amide bonds. The van der Waals surface area contributed by atoms with Crippen molar-refractivity contribution in [2.75, 3.05) is 12.4 Å². The molecule has 1 aromatic heterocycles. The highest BCUT2D eigenvalue weighted by Crippen LogP contribution is 2.27. The minimum Gasteiger partial charge on any atom is -0.404 e. The Labute approximate surface area is 146 Å². The van der Waals surface area contributed by atoms with Crippen LogP contribution >= 0.6 is 0 Å². The summed E-state index contributed by atoms with van der Waals surface area (Å²) in [6.07, 6.45) is 3.47. The Morgan fingerprint density at radius 2 is 2.24 bits per heavy atom. The Morgan fingerprint density at radius 1 is 1.52 bits per heavy atom. The summed E-state index contributed by atoms with van der Waals surface area (Å²) < 4.78 is 0. The molecule has 0 aromatic carbocycles. The van der Waals surface area contributed by atoms with E-state index in [1.807, 2.05) is 13.8 Å². The summed E-state index contributed by atoms with van der Waals surface area (Å²) in [6, 6.07) is 1.21. The zero-order valence-electron chi connectivity index (χ0n) is 14.7. The molecule has 1 aliphatic rings. The van der Waals surface area contributed by atoms with Gasteiger partial charge in [-0.1, -0.05) is 13.8 Å². The maximum atomic E-state index is 12.1. The lowest BCUT2D eigenvalue weighted by atomic mass is 10.0. The zero-order chi connectivity index (χ0) is 18.6. The largest absolute Gasteiger partial charge is 0.404 e. The first-order chi connectivity index (χ1) is 11.9. The maximum Gasteiger partial charge on any atom is 0.254 e. The third kappa shape index (κ3) is 4.14. The molecule has 8 nitrogen and oxygen atoms in total. The quantitative estimate of drug-likeness (QED) is 0.538. The third-order valence-corrected chi connectivity index (χ3v) is 3.86. The number of pyridine rings is 1. The molecule has 1 atom stereocenters. The minimum absolute atomic E-state index is 0.207. The van der Waals surface area contributed by atoms with Crippen LogP contribution < -0.4 is 22.1 Å². The fraction of sp³-hybridized carbons (Fsp3) is 0.412. The Hall–Kier alpha value is -2.90. The van der Waals surface area contributed by atoms with Crippen molar-refractivity contribution in [3.05, 3.63) is 29.1 Å². The summed E-state index contributed by atoms with van der Waals surface area (Å²) in [5.41, 5.74) is 13.4. The van der Waals surface area contributed by atoms with Gasteiger partial charge in [0, 0.05) is 31.6 Å². The van der Waals surface area contributed by atoms with Gasteiger partial charge in [0.1, 0.15) is 11.9 Å². The van der Waals surface area contributed by atoms with E-state index >= 15 is 0 Å². The van der Waals surface area contributed by atoms with Gasteiger partial charge in [-0.25, -0.2) is 4.98 Å². The second kappa shape index (κ2) is 7.78. The molecular weight excluding hydrogens is 320 g/mol. The number of hydrogen-bond acceptors (Lipinski definition) is 6. The standard InChI is InChI=1S/C17H24N6O2/c1-9(2)4-12(16(19)24)22-13-5-10-8-21-17(25)14(10)15(23-13)11(6-18)7-20-3/h5-7,9,12H,4,8,18H2,1-3H3,(H2,19,24)(H,21,25)(H,22,23)/b11-6+,20-7?/t12-/m1/s1. The highest BCUT2D eigenvalue weighted by Gasteiger charge is 2.27. The molecule has 0 spiro atoms. The van der Waals surface area contributed by atoms with Crippen LogP contribution in [0.15, 0.2) is 17.3 Å². The molecule has 134 valence electrons. The van der Waals surface area contributed by atoms with E-state index < -0.39 is 11.9 Å². The average molecular weight is 344 g/mol. The predicted molar refractivity (Wildman–Crippen MR) is 98.0 cm³/mol. The van der Waals surface area contributed by atoms with Gasteiger partial charge in [0.25, 0.3) is 5.91 Å². The van der Waals surface area contributed by atoms with E-state index in [2.05, 4.69) is 20.6 Å². The van der Waals surface area contributed by atoms with Crippen LogP contribution in [-0.4, -0.2) is 36.1 Å². The summed E-state index contributed by atoms with van der Waals surface area (Å²) in [7, 11) is 1.61. The van der Waals surface area contributed by atoms with Crippen molar-refractivity contribution in [1.29, 1.82) is 0 Å². The SMILES string of the molecule is CN=C/C(=C\N)c1nc(N[C@H](CC(C)C)C(N)=O)cc2c1C(=O)NC2. The highest BCUT2D eigenvalue weighted by atomic mass is 16.2.